The first-order valence-corrected chi connectivity index (χ1v) is 8.17. The molecule has 0 saturated heterocycles. The second-order valence-electron chi connectivity index (χ2n) is 5.61. The molecule has 1 heterocycles. The Morgan fingerprint density at radius 3 is 2.58 bits per heavy atom. The molecule has 0 radical (unpaired) electrons. The molecule has 0 bridgehead atoms. The fourth-order valence-electron chi connectivity index (χ4n) is 2.62. The topological polar surface area (TPSA) is 49.3 Å². The first-order valence-electron chi connectivity index (χ1n) is 8.17. The normalized spacial score (nSPS) is 11.5. The average Bonchev–Trinajstić information content (AvgIpc) is 2.65. The number of hydrogen-bond donors (Lipinski definition) is 2. The van der Waals surface area contributed by atoms with Gasteiger partial charge in [0.1, 0.15) is 0 Å². The van der Waals surface area contributed by atoms with Crippen molar-refractivity contribution in [3.63, 3.8) is 0 Å². The number of nitrogens with zero attached hydrogens (tertiary/aromatic N) is 2. The summed E-state index contributed by atoms with van der Waals surface area (Å²) in [5, 5.41) is 9.19. The zero-order valence-corrected chi connectivity index (χ0v) is 13.9. The summed E-state index contributed by atoms with van der Waals surface area (Å²) in [7, 11) is 1.78. The van der Waals surface area contributed by atoms with Crippen molar-refractivity contribution in [1.82, 2.24) is 15.6 Å². The van der Waals surface area contributed by atoms with Crippen molar-refractivity contribution in [2.24, 2.45) is 4.99 Å². The van der Waals surface area contributed by atoms with Gasteiger partial charge in [0.2, 0.25) is 0 Å². The molecule has 3 aromatic rings. The van der Waals surface area contributed by atoms with Crippen LogP contribution in [0.25, 0.3) is 10.8 Å². The maximum absolute atomic E-state index is 4.30. The predicted octanol–water partition coefficient (Wildman–Crippen LogP) is 3.14. The van der Waals surface area contributed by atoms with Crippen LogP contribution in [0.5, 0.6) is 0 Å². The molecule has 0 unspecified atom stereocenters. The Bertz CT molecular complexity index is 812. The smallest absolute Gasteiger partial charge is 0.191 e. The lowest BCUT2D eigenvalue weighted by Crippen LogP contribution is -2.38. The molecule has 0 spiro atoms. The molecule has 2 N–H and O–H groups in total. The molecule has 0 aliphatic carbocycles. The van der Waals surface area contributed by atoms with E-state index in [9.17, 15) is 0 Å². The van der Waals surface area contributed by atoms with Gasteiger partial charge in [-0.3, -0.25) is 9.98 Å². The highest BCUT2D eigenvalue weighted by Gasteiger charge is 2.00. The molecule has 24 heavy (non-hydrogen) atoms. The fourth-order valence-corrected chi connectivity index (χ4v) is 2.62. The standard InChI is InChI=1S/C20H22N4/c1-21-20(24-15-19-8-4-5-12-22-19)23-13-11-16-9-10-17-6-2-3-7-18(17)14-16/h2-10,12,14H,11,13,15H2,1H3,(H2,21,23,24). The minimum absolute atomic E-state index is 0.663. The summed E-state index contributed by atoms with van der Waals surface area (Å²) in [6, 6.07) is 21.0. The monoisotopic (exact) mass is 318 g/mol. The lowest BCUT2D eigenvalue weighted by Gasteiger charge is -2.12. The van der Waals surface area contributed by atoms with Gasteiger partial charge in [0.25, 0.3) is 0 Å². The Morgan fingerprint density at radius 1 is 0.958 bits per heavy atom. The van der Waals surface area contributed by atoms with Crippen molar-refractivity contribution in [1.29, 1.82) is 0 Å². The molecule has 2 aromatic carbocycles. The SMILES string of the molecule is CN=C(NCCc1ccc2ccccc2c1)NCc1ccccn1. The molecule has 1 aromatic heterocycles. The molecule has 3 rings (SSSR count). The Balaban J connectivity index is 1.50. The van der Waals surface area contributed by atoms with E-state index in [0.29, 0.717) is 6.54 Å². The minimum atomic E-state index is 0.663. The van der Waals surface area contributed by atoms with Crippen LogP contribution in [0, 0.1) is 0 Å². The maximum Gasteiger partial charge on any atom is 0.191 e. The van der Waals surface area contributed by atoms with E-state index < -0.39 is 0 Å². The molecule has 4 nitrogen and oxygen atoms in total. The van der Waals surface area contributed by atoms with Crippen LogP contribution in [0.3, 0.4) is 0 Å². The van der Waals surface area contributed by atoms with Crippen molar-refractivity contribution < 1.29 is 0 Å². The van der Waals surface area contributed by atoms with Gasteiger partial charge in [-0.1, -0.05) is 48.5 Å². The van der Waals surface area contributed by atoms with Gasteiger partial charge in [-0.15, -0.1) is 0 Å². The summed E-state index contributed by atoms with van der Waals surface area (Å²) in [4.78, 5) is 8.55. The zero-order valence-electron chi connectivity index (χ0n) is 13.9. The summed E-state index contributed by atoms with van der Waals surface area (Å²) in [6.45, 7) is 1.50. The molecule has 4 heteroatoms. The number of pyridine rings is 1. The lowest BCUT2D eigenvalue weighted by molar-refractivity contribution is 0.784. The van der Waals surface area contributed by atoms with Gasteiger partial charge in [0.05, 0.1) is 12.2 Å². The highest BCUT2D eigenvalue weighted by molar-refractivity contribution is 5.83. The van der Waals surface area contributed by atoms with E-state index in [1.165, 1.54) is 16.3 Å². The average molecular weight is 318 g/mol. The number of hydrogen-bond acceptors (Lipinski definition) is 2. The second-order valence-corrected chi connectivity index (χ2v) is 5.61. The Kier molecular flexibility index (Phi) is 5.40. The van der Waals surface area contributed by atoms with Gasteiger partial charge >= 0.3 is 0 Å². The number of guanidine groups is 1. The quantitative estimate of drug-likeness (QED) is 0.561. The van der Waals surface area contributed by atoms with Crippen LogP contribution in [-0.4, -0.2) is 24.5 Å². The number of rotatable bonds is 5. The summed E-state index contributed by atoms with van der Waals surface area (Å²) < 4.78 is 0. The maximum atomic E-state index is 4.30. The number of aromatic nitrogens is 1. The largest absolute Gasteiger partial charge is 0.356 e. The van der Waals surface area contributed by atoms with E-state index in [1.807, 2.05) is 18.2 Å². The van der Waals surface area contributed by atoms with Crippen LogP contribution in [0.2, 0.25) is 0 Å². The minimum Gasteiger partial charge on any atom is -0.356 e. The van der Waals surface area contributed by atoms with Crippen molar-refractivity contribution in [3.05, 3.63) is 78.1 Å². The second kappa shape index (κ2) is 8.11. The van der Waals surface area contributed by atoms with Crippen molar-refractivity contribution in [3.8, 4) is 0 Å². The fraction of sp³-hybridized carbons (Fsp3) is 0.200. The molecule has 0 aliphatic rings. The lowest BCUT2D eigenvalue weighted by atomic mass is 10.1. The third-order valence-electron chi connectivity index (χ3n) is 3.91. The van der Waals surface area contributed by atoms with Gasteiger partial charge in [0, 0.05) is 19.8 Å². The third kappa shape index (κ3) is 4.32. The predicted molar refractivity (Wildman–Crippen MR) is 100 cm³/mol. The van der Waals surface area contributed by atoms with Crippen LogP contribution < -0.4 is 10.6 Å². The Morgan fingerprint density at radius 2 is 1.79 bits per heavy atom. The Labute approximate surface area is 142 Å². The van der Waals surface area contributed by atoms with E-state index in [-0.39, 0.29) is 0 Å². The molecule has 0 aliphatic heterocycles. The third-order valence-corrected chi connectivity index (χ3v) is 3.91. The van der Waals surface area contributed by atoms with E-state index in [2.05, 4.69) is 63.1 Å². The molecule has 0 saturated carbocycles. The van der Waals surface area contributed by atoms with Crippen molar-refractivity contribution in [2.45, 2.75) is 13.0 Å². The highest BCUT2D eigenvalue weighted by atomic mass is 15.2. The van der Waals surface area contributed by atoms with E-state index in [0.717, 1.165) is 24.6 Å². The van der Waals surface area contributed by atoms with Crippen LogP contribution in [0.15, 0.2) is 71.9 Å². The van der Waals surface area contributed by atoms with Crippen LogP contribution in [0.1, 0.15) is 11.3 Å². The summed E-state index contributed by atoms with van der Waals surface area (Å²) in [5.41, 5.74) is 2.32. The number of benzene rings is 2. The first-order chi connectivity index (χ1) is 11.8. The van der Waals surface area contributed by atoms with Crippen LogP contribution >= 0.6 is 0 Å². The van der Waals surface area contributed by atoms with Gasteiger partial charge in [-0.2, -0.15) is 0 Å². The summed E-state index contributed by atoms with van der Waals surface area (Å²) in [6.07, 6.45) is 2.75. The molecular formula is C20H22N4. The van der Waals surface area contributed by atoms with Gasteiger partial charge in [-0.05, 0) is 34.9 Å². The summed E-state index contributed by atoms with van der Waals surface area (Å²) in [5.74, 6) is 0.793. The van der Waals surface area contributed by atoms with Crippen LogP contribution in [-0.2, 0) is 13.0 Å². The number of aliphatic imine (C=N–C) groups is 1. The first kappa shape index (κ1) is 16.0. The van der Waals surface area contributed by atoms with E-state index in [1.54, 1.807) is 13.2 Å². The highest BCUT2D eigenvalue weighted by Crippen LogP contribution is 2.15. The molecule has 0 fully saturated rings. The molecule has 0 atom stereocenters. The molecule has 122 valence electrons. The molecule has 0 amide bonds. The van der Waals surface area contributed by atoms with Gasteiger partial charge in [0.15, 0.2) is 5.96 Å². The van der Waals surface area contributed by atoms with Crippen molar-refractivity contribution in [2.75, 3.05) is 13.6 Å². The number of nitrogens with one attached hydrogen (secondary N) is 2. The van der Waals surface area contributed by atoms with Crippen molar-refractivity contribution >= 4 is 16.7 Å². The number of fused-ring (bicyclic) bond motifs is 1. The molecular weight excluding hydrogens is 296 g/mol. The summed E-state index contributed by atoms with van der Waals surface area (Å²) >= 11 is 0. The van der Waals surface area contributed by atoms with Gasteiger partial charge in [-0.25, -0.2) is 0 Å². The Hall–Kier alpha value is -2.88. The van der Waals surface area contributed by atoms with E-state index >= 15 is 0 Å². The van der Waals surface area contributed by atoms with E-state index in [4.69, 9.17) is 0 Å². The zero-order chi connectivity index (χ0) is 16.6. The van der Waals surface area contributed by atoms with Gasteiger partial charge < -0.3 is 10.6 Å². The van der Waals surface area contributed by atoms with Crippen LogP contribution in [0.4, 0.5) is 0 Å².